The molecule has 92 valence electrons. The number of rotatable bonds is 6. The number of aryl methyl sites for hydroxylation is 1. The van der Waals surface area contributed by atoms with Gasteiger partial charge in [-0.1, -0.05) is 13.8 Å². The Morgan fingerprint density at radius 1 is 1.56 bits per heavy atom. The van der Waals surface area contributed by atoms with Crippen LogP contribution in [0, 0.1) is 12.3 Å². The average Bonchev–Trinajstić information content (AvgIpc) is 2.63. The maximum atomic E-state index is 9.36. The van der Waals surface area contributed by atoms with Gasteiger partial charge in [-0.3, -0.25) is 4.90 Å². The molecule has 0 aliphatic carbocycles. The molecule has 0 radical (unpaired) electrons. The summed E-state index contributed by atoms with van der Waals surface area (Å²) in [7, 11) is 2.08. The van der Waals surface area contributed by atoms with Gasteiger partial charge in [-0.2, -0.15) is 0 Å². The van der Waals surface area contributed by atoms with Crippen LogP contribution in [-0.2, 0) is 6.54 Å². The van der Waals surface area contributed by atoms with Crippen LogP contribution < -0.4 is 0 Å². The summed E-state index contributed by atoms with van der Waals surface area (Å²) in [6.07, 6.45) is 0.990. The fraction of sp³-hybridized carbons (Fsp3) is 0.750. The molecule has 0 aliphatic heterocycles. The molecule has 1 aromatic heterocycles. The largest absolute Gasteiger partial charge is 0.396 e. The number of nitrogens with zero attached hydrogens (tertiary/aromatic N) is 2. The van der Waals surface area contributed by atoms with Gasteiger partial charge in [0.05, 0.1) is 10.7 Å². The highest BCUT2D eigenvalue weighted by atomic mass is 32.1. The van der Waals surface area contributed by atoms with E-state index in [4.69, 9.17) is 0 Å². The molecule has 0 aliphatic rings. The number of hydrogen-bond donors (Lipinski definition) is 1. The first-order valence-corrected chi connectivity index (χ1v) is 6.57. The van der Waals surface area contributed by atoms with Crippen LogP contribution in [0.4, 0.5) is 0 Å². The molecule has 1 N–H and O–H groups in total. The van der Waals surface area contributed by atoms with Crippen LogP contribution in [0.15, 0.2) is 5.38 Å². The van der Waals surface area contributed by atoms with Gasteiger partial charge in [0.15, 0.2) is 0 Å². The average molecular weight is 242 g/mol. The summed E-state index contributed by atoms with van der Waals surface area (Å²) < 4.78 is 0. The molecule has 16 heavy (non-hydrogen) atoms. The van der Waals surface area contributed by atoms with E-state index in [1.807, 2.05) is 6.92 Å². The predicted octanol–water partition coefficient (Wildman–Crippen LogP) is 2.29. The zero-order valence-electron chi connectivity index (χ0n) is 10.7. The molecule has 4 heteroatoms. The highest BCUT2D eigenvalue weighted by Gasteiger charge is 2.23. The van der Waals surface area contributed by atoms with Gasteiger partial charge >= 0.3 is 0 Å². The van der Waals surface area contributed by atoms with E-state index in [-0.39, 0.29) is 12.0 Å². The Hall–Kier alpha value is -0.450. The lowest BCUT2D eigenvalue weighted by Crippen LogP contribution is -2.35. The smallest absolute Gasteiger partial charge is 0.0897 e. The van der Waals surface area contributed by atoms with E-state index in [9.17, 15) is 5.11 Å². The first-order chi connectivity index (χ1) is 7.49. The Bertz CT molecular complexity index is 321. The lowest BCUT2D eigenvalue weighted by atomic mass is 9.88. The normalized spacial score (nSPS) is 15.4. The number of aliphatic hydroxyl groups is 1. The second-order valence-electron chi connectivity index (χ2n) is 4.85. The van der Waals surface area contributed by atoms with Crippen molar-refractivity contribution in [2.75, 3.05) is 20.2 Å². The third-order valence-corrected chi connectivity index (χ3v) is 3.81. The Balaban J connectivity index is 2.50. The molecule has 0 fully saturated rings. The minimum absolute atomic E-state index is 0.000182. The van der Waals surface area contributed by atoms with Gasteiger partial charge in [0.1, 0.15) is 0 Å². The van der Waals surface area contributed by atoms with Crippen molar-refractivity contribution in [3.63, 3.8) is 0 Å². The Morgan fingerprint density at radius 3 is 2.69 bits per heavy atom. The summed E-state index contributed by atoms with van der Waals surface area (Å²) in [6, 6.07) is 0. The van der Waals surface area contributed by atoms with Gasteiger partial charge in [-0.15, -0.1) is 11.3 Å². The van der Waals surface area contributed by atoms with E-state index in [1.165, 1.54) is 0 Å². The lowest BCUT2D eigenvalue weighted by Gasteiger charge is -2.30. The van der Waals surface area contributed by atoms with Crippen LogP contribution in [-0.4, -0.2) is 35.2 Å². The molecule has 1 aromatic rings. The Morgan fingerprint density at radius 2 is 2.25 bits per heavy atom. The van der Waals surface area contributed by atoms with E-state index in [2.05, 4.69) is 36.2 Å². The molecule has 0 amide bonds. The second kappa shape index (κ2) is 5.75. The van der Waals surface area contributed by atoms with Gasteiger partial charge < -0.3 is 5.11 Å². The third-order valence-electron chi connectivity index (χ3n) is 2.99. The van der Waals surface area contributed by atoms with Crippen molar-refractivity contribution in [2.24, 2.45) is 5.41 Å². The molecular weight excluding hydrogens is 220 g/mol. The molecule has 1 unspecified atom stereocenters. The topological polar surface area (TPSA) is 36.4 Å². The summed E-state index contributed by atoms with van der Waals surface area (Å²) in [5.41, 5.74) is 1.13. The van der Waals surface area contributed by atoms with E-state index in [1.54, 1.807) is 11.3 Å². The fourth-order valence-corrected chi connectivity index (χ4v) is 2.34. The van der Waals surface area contributed by atoms with Crippen LogP contribution >= 0.6 is 11.3 Å². The van der Waals surface area contributed by atoms with Crippen molar-refractivity contribution < 1.29 is 5.11 Å². The fourth-order valence-electron chi connectivity index (χ4n) is 1.74. The first kappa shape index (κ1) is 13.6. The zero-order chi connectivity index (χ0) is 12.2. The van der Waals surface area contributed by atoms with Crippen molar-refractivity contribution in [1.82, 2.24) is 9.88 Å². The molecule has 1 heterocycles. The number of aromatic nitrogens is 1. The van der Waals surface area contributed by atoms with Crippen LogP contribution in [0.5, 0.6) is 0 Å². The molecule has 1 rings (SSSR count). The van der Waals surface area contributed by atoms with Crippen LogP contribution in [0.3, 0.4) is 0 Å². The molecule has 0 aromatic carbocycles. The second-order valence-corrected chi connectivity index (χ2v) is 5.91. The number of aliphatic hydroxyl groups excluding tert-OH is 1. The van der Waals surface area contributed by atoms with Gasteiger partial charge in [-0.05, 0) is 20.4 Å². The first-order valence-electron chi connectivity index (χ1n) is 5.69. The zero-order valence-corrected chi connectivity index (χ0v) is 11.5. The van der Waals surface area contributed by atoms with E-state index < -0.39 is 0 Å². The summed E-state index contributed by atoms with van der Waals surface area (Å²) in [6.45, 7) is 8.27. The standard InChI is InChI=1S/C12H22N2OS/c1-5-12(3,9-15)8-14(4)6-11-7-16-10(2)13-11/h7,15H,5-6,8-9H2,1-4H3. The van der Waals surface area contributed by atoms with Gasteiger partial charge in [0.25, 0.3) is 0 Å². The summed E-state index contributed by atoms with van der Waals surface area (Å²) in [4.78, 5) is 6.68. The molecule has 0 bridgehead atoms. The monoisotopic (exact) mass is 242 g/mol. The lowest BCUT2D eigenvalue weighted by molar-refractivity contribution is 0.0926. The number of thiazole rings is 1. The highest BCUT2D eigenvalue weighted by Crippen LogP contribution is 2.22. The summed E-state index contributed by atoms with van der Waals surface area (Å²) in [5.74, 6) is 0. The molecule has 0 saturated heterocycles. The molecule has 0 spiro atoms. The van der Waals surface area contributed by atoms with Crippen molar-refractivity contribution in [3.05, 3.63) is 16.1 Å². The van der Waals surface area contributed by atoms with E-state index in [0.717, 1.165) is 30.2 Å². The maximum Gasteiger partial charge on any atom is 0.0897 e. The van der Waals surface area contributed by atoms with Crippen molar-refractivity contribution in [2.45, 2.75) is 33.7 Å². The highest BCUT2D eigenvalue weighted by molar-refractivity contribution is 7.09. The van der Waals surface area contributed by atoms with Crippen LogP contribution in [0.25, 0.3) is 0 Å². The van der Waals surface area contributed by atoms with Gasteiger partial charge in [0, 0.05) is 30.5 Å². The van der Waals surface area contributed by atoms with E-state index >= 15 is 0 Å². The molecular formula is C12H22N2OS. The SMILES string of the molecule is CCC(C)(CO)CN(C)Cc1csc(C)n1. The van der Waals surface area contributed by atoms with Gasteiger partial charge in [0.2, 0.25) is 0 Å². The maximum absolute atomic E-state index is 9.36. The van der Waals surface area contributed by atoms with E-state index in [0.29, 0.717) is 0 Å². The van der Waals surface area contributed by atoms with Crippen LogP contribution in [0.2, 0.25) is 0 Å². The van der Waals surface area contributed by atoms with Gasteiger partial charge in [-0.25, -0.2) is 4.98 Å². The molecule has 1 atom stereocenters. The number of hydrogen-bond acceptors (Lipinski definition) is 4. The van der Waals surface area contributed by atoms with Crippen LogP contribution in [0.1, 0.15) is 31.0 Å². The molecule has 3 nitrogen and oxygen atoms in total. The minimum Gasteiger partial charge on any atom is -0.396 e. The Kier molecular flexibility index (Phi) is 4.89. The van der Waals surface area contributed by atoms with Crippen molar-refractivity contribution in [1.29, 1.82) is 0 Å². The Labute approximate surface area is 102 Å². The molecule has 0 saturated carbocycles. The minimum atomic E-state index is -0.000182. The summed E-state index contributed by atoms with van der Waals surface area (Å²) in [5, 5.41) is 12.6. The quantitative estimate of drug-likeness (QED) is 0.831. The summed E-state index contributed by atoms with van der Waals surface area (Å²) >= 11 is 1.69. The van der Waals surface area contributed by atoms with Crippen molar-refractivity contribution >= 4 is 11.3 Å². The third kappa shape index (κ3) is 3.85. The van der Waals surface area contributed by atoms with Crippen molar-refractivity contribution in [3.8, 4) is 0 Å². The predicted molar refractivity (Wildman–Crippen MR) is 68.7 cm³/mol.